The first kappa shape index (κ1) is 26.5. The normalized spacial score (nSPS) is 11.7. The van der Waals surface area contributed by atoms with E-state index in [0.29, 0.717) is 22.9 Å². The molecule has 194 valence electrons. The number of rotatable bonds is 10. The fraction of sp³-hybridized carbons (Fsp3) is 0.310. The van der Waals surface area contributed by atoms with Crippen molar-refractivity contribution in [1.29, 1.82) is 0 Å². The van der Waals surface area contributed by atoms with Gasteiger partial charge in [-0.1, -0.05) is 49.7 Å². The van der Waals surface area contributed by atoms with Gasteiger partial charge in [0, 0.05) is 24.2 Å². The van der Waals surface area contributed by atoms with Gasteiger partial charge < -0.3 is 4.74 Å². The van der Waals surface area contributed by atoms with E-state index in [1.165, 1.54) is 6.07 Å². The summed E-state index contributed by atoms with van der Waals surface area (Å²) < 4.78 is 69.7. The Morgan fingerprint density at radius 3 is 2.16 bits per heavy atom. The van der Waals surface area contributed by atoms with Gasteiger partial charge >= 0.3 is 6.36 Å². The third kappa shape index (κ3) is 7.24. The molecular weight excluding hydrogens is 487 g/mol. The lowest BCUT2D eigenvalue weighted by molar-refractivity contribution is -0.275. The van der Waals surface area contributed by atoms with Gasteiger partial charge in [0.05, 0.1) is 0 Å². The maximum atomic E-state index is 15.2. The highest BCUT2D eigenvalue weighted by Gasteiger charge is 2.32. The highest BCUT2D eigenvalue weighted by Crippen LogP contribution is 2.28. The first-order valence-corrected chi connectivity index (χ1v) is 12.3. The molecule has 0 radical (unpaired) electrons. The zero-order chi connectivity index (χ0) is 26.4. The lowest BCUT2D eigenvalue weighted by atomic mass is 9.98. The number of aryl methyl sites for hydroxylation is 5. The first-order valence-electron chi connectivity index (χ1n) is 12.3. The SMILES string of the molecule is CCCCc1cnc(CCc2ccc3c(F)c(CCc4ccc(OC(F)(F)F)c(F)c4)ccc3c2)nc1. The number of aromatic nitrogens is 2. The maximum absolute atomic E-state index is 15.2. The van der Waals surface area contributed by atoms with E-state index in [-0.39, 0.29) is 18.7 Å². The van der Waals surface area contributed by atoms with Crippen molar-refractivity contribution >= 4 is 10.8 Å². The van der Waals surface area contributed by atoms with Crippen LogP contribution in [0.4, 0.5) is 22.0 Å². The van der Waals surface area contributed by atoms with Gasteiger partial charge in [-0.05, 0) is 71.9 Å². The fourth-order valence-corrected chi connectivity index (χ4v) is 4.20. The number of hydrogen-bond acceptors (Lipinski definition) is 3. The zero-order valence-corrected chi connectivity index (χ0v) is 20.4. The smallest absolute Gasteiger partial charge is 0.403 e. The van der Waals surface area contributed by atoms with Crippen molar-refractivity contribution in [3.63, 3.8) is 0 Å². The molecule has 37 heavy (non-hydrogen) atoms. The molecule has 0 saturated carbocycles. The zero-order valence-electron chi connectivity index (χ0n) is 20.4. The van der Waals surface area contributed by atoms with Gasteiger partial charge in [-0.25, -0.2) is 18.7 Å². The highest BCUT2D eigenvalue weighted by atomic mass is 19.4. The number of halogens is 5. The molecular formula is C29H27F5N2O. The Morgan fingerprint density at radius 1 is 0.757 bits per heavy atom. The van der Waals surface area contributed by atoms with Crippen molar-refractivity contribution < 1.29 is 26.7 Å². The van der Waals surface area contributed by atoms with Crippen LogP contribution in [0.5, 0.6) is 5.75 Å². The van der Waals surface area contributed by atoms with Crippen LogP contribution in [0.1, 0.15) is 47.8 Å². The fourth-order valence-electron chi connectivity index (χ4n) is 4.20. The molecule has 4 rings (SSSR count). The summed E-state index contributed by atoms with van der Waals surface area (Å²) in [7, 11) is 0. The standard InChI is InChI=1S/C29H27F5N2O/c1-2-3-4-21-17-35-27(36-18-21)14-8-19-6-12-24-23(15-19)11-10-22(28(24)31)9-5-20-7-13-26(25(30)16-20)37-29(32,33)34/h6-7,10-13,15-18H,2-5,8-9,14H2,1H3. The average molecular weight is 515 g/mol. The van der Waals surface area contributed by atoms with E-state index in [9.17, 15) is 17.6 Å². The summed E-state index contributed by atoms with van der Waals surface area (Å²) in [6.45, 7) is 2.15. The Bertz CT molecular complexity index is 1350. The number of fused-ring (bicyclic) bond motifs is 1. The maximum Gasteiger partial charge on any atom is 0.573 e. The molecule has 4 aromatic rings. The van der Waals surface area contributed by atoms with Crippen LogP contribution < -0.4 is 4.74 Å². The van der Waals surface area contributed by atoms with Gasteiger partial charge in [0.15, 0.2) is 11.6 Å². The van der Waals surface area contributed by atoms with Crippen LogP contribution in [0.2, 0.25) is 0 Å². The second-order valence-corrected chi connectivity index (χ2v) is 9.02. The molecule has 3 nitrogen and oxygen atoms in total. The summed E-state index contributed by atoms with van der Waals surface area (Å²) in [6.07, 6.45) is 3.97. The van der Waals surface area contributed by atoms with E-state index < -0.39 is 17.9 Å². The monoisotopic (exact) mass is 514 g/mol. The van der Waals surface area contributed by atoms with Crippen LogP contribution in [-0.4, -0.2) is 16.3 Å². The van der Waals surface area contributed by atoms with Crippen molar-refractivity contribution in [1.82, 2.24) is 9.97 Å². The lowest BCUT2D eigenvalue weighted by Gasteiger charge is -2.11. The summed E-state index contributed by atoms with van der Waals surface area (Å²) in [5.41, 5.74) is 3.09. The molecule has 0 N–H and O–H groups in total. The molecule has 0 atom stereocenters. The predicted octanol–water partition coefficient (Wildman–Crippen LogP) is 7.72. The Balaban J connectivity index is 1.39. The molecule has 0 amide bonds. The molecule has 0 spiro atoms. The highest BCUT2D eigenvalue weighted by molar-refractivity contribution is 5.84. The molecule has 0 saturated heterocycles. The average Bonchev–Trinajstić information content (AvgIpc) is 2.87. The summed E-state index contributed by atoms with van der Waals surface area (Å²) in [4.78, 5) is 8.91. The van der Waals surface area contributed by atoms with E-state index >= 15 is 4.39 Å². The molecule has 0 fully saturated rings. The largest absolute Gasteiger partial charge is 0.573 e. The molecule has 0 aliphatic rings. The molecule has 0 aliphatic carbocycles. The topological polar surface area (TPSA) is 35.0 Å². The molecule has 8 heteroatoms. The minimum Gasteiger partial charge on any atom is -0.403 e. The summed E-state index contributed by atoms with van der Waals surface area (Å²) in [5.74, 6) is -1.58. The molecule has 3 aromatic carbocycles. The molecule has 1 aromatic heterocycles. The molecule has 0 unspecified atom stereocenters. The van der Waals surface area contributed by atoms with Gasteiger partial charge in [0.1, 0.15) is 11.6 Å². The number of alkyl halides is 3. The molecule has 0 bridgehead atoms. The van der Waals surface area contributed by atoms with Crippen molar-refractivity contribution in [2.45, 2.75) is 58.2 Å². The molecule has 1 heterocycles. The van der Waals surface area contributed by atoms with Crippen LogP contribution in [-0.2, 0) is 32.1 Å². The van der Waals surface area contributed by atoms with Crippen LogP contribution in [0.3, 0.4) is 0 Å². The Morgan fingerprint density at radius 2 is 1.46 bits per heavy atom. The van der Waals surface area contributed by atoms with Crippen LogP contribution in [0, 0.1) is 11.6 Å². The number of nitrogens with zero attached hydrogens (tertiary/aromatic N) is 2. The third-order valence-corrected chi connectivity index (χ3v) is 6.22. The van der Waals surface area contributed by atoms with E-state index in [1.54, 1.807) is 12.1 Å². The van der Waals surface area contributed by atoms with Crippen LogP contribution in [0.15, 0.2) is 60.9 Å². The predicted molar refractivity (Wildman–Crippen MR) is 132 cm³/mol. The summed E-state index contributed by atoms with van der Waals surface area (Å²) >= 11 is 0. The van der Waals surface area contributed by atoms with E-state index in [2.05, 4.69) is 21.6 Å². The lowest BCUT2D eigenvalue weighted by Crippen LogP contribution is -2.18. The molecule has 0 aliphatic heterocycles. The van der Waals surface area contributed by atoms with E-state index in [4.69, 9.17) is 0 Å². The Kier molecular flexibility index (Phi) is 8.36. The number of ether oxygens (including phenoxy) is 1. The summed E-state index contributed by atoms with van der Waals surface area (Å²) in [5, 5.41) is 1.26. The minimum absolute atomic E-state index is 0.265. The van der Waals surface area contributed by atoms with Crippen LogP contribution in [0.25, 0.3) is 10.8 Å². The van der Waals surface area contributed by atoms with Gasteiger partial charge in [0.2, 0.25) is 0 Å². The number of benzene rings is 3. The van der Waals surface area contributed by atoms with Gasteiger partial charge in [-0.3, -0.25) is 0 Å². The number of hydrogen-bond donors (Lipinski definition) is 0. The van der Waals surface area contributed by atoms with Gasteiger partial charge in [-0.2, -0.15) is 0 Å². The van der Waals surface area contributed by atoms with E-state index in [0.717, 1.165) is 60.2 Å². The Labute approximate surface area is 212 Å². The minimum atomic E-state index is -4.97. The van der Waals surface area contributed by atoms with Crippen molar-refractivity contribution in [2.24, 2.45) is 0 Å². The van der Waals surface area contributed by atoms with Crippen molar-refractivity contribution in [3.8, 4) is 5.75 Å². The second kappa shape index (κ2) is 11.7. The second-order valence-electron chi connectivity index (χ2n) is 9.02. The van der Waals surface area contributed by atoms with Gasteiger partial charge in [-0.15, -0.1) is 13.2 Å². The van der Waals surface area contributed by atoms with Crippen molar-refractivity contribution in [3.05, 3.63) is 101 Å². The number of unbranched alkanes of at least 4 members (excludes halogenated alkanes) is 1. The third-order valence-electron chi connectivity index (χ3n) is 6.22. The quantitative estimate of drug-likeness (QED) is 0.203. The van der Waals surface area contributed by atoms with Crippen LogP contribution >= 0.6 is 0 Å². The first-order chi connectivity index (χ1) is 17.7. The van der Waals surface area contributed by atoms with Gasteiger partial charge in [0.25, 0.3) is 0 Å². The van der Waals surface area contributed by atoms with Crippen molar-refractivity contribution in [2.75, 3.05) is 0 Å². The Hall–Kier alpha value is -3.55. The van der Waals surface area contributed by atoms with E-state index in [1.807, 2.05) is 30.6 Å². The summed E-state index contributed by atoms with van der Waals surface area (Å²) in [6, 6.07) is 12.4.